The van der Waals surface area contributed by atoms with E-state index >= 15 is 0 Å². The minimum atomic E-state index is -0.449. The van der Waals surface area contributed by atoms with Crippen LogP contribution in [0.1, 0.15) is 38.3 Å². The Morgan fingerprint density at radius 2 is 2.39 bits per heavy atom. The fourth-order valence-electron chi connectivity index (χ4n) is 2.53. The zero-order valence-electron chi connectivity index (χ0n) is 11.3. The number of aryl methyl sites for hydroxylation is 1. The van der Waals surface area contributed by atoms with Crippen molar-refractivity contribution < 1.29 is 9.21 Å². The summed E-state index contributed by atoms with van der Waals surface area (Å²) < 4.78 is 5.51. The van der Waals surface area contributed by atoms with Gasteiger partial charge < -0.3 is 9.73 Å². The molecule has 0 spiro atoms. The van der Waals surface area contributed by atoms with Crippen molar-refractivity contribution in [1.82, 2.24) is 15.2 Å². The first-order chi connectivity index (χ1) is 8.56. The standard InChI is InChI=1S/C13H21N3O2/c1-4-5-13(3)12(17)14-6-7-16(13)9-11-15-8-10(2)18-11/h8H,4-7,9H2,1-3H3,(H,14,17)/t13-/m0/s1. The molecular formula is C13H21N3O2. The van der Waals surface area contributed by atoms with Gasteiger partial charge in [-0.1, -0.05) is 13.3 Å². The molecule has 1 N–H and O–H groups in total. The normalized spacial score (nSPS) is 25.2. The van der Waals surface area contributed by atoms with Crippen LogP contribution in [0.4, 0.5) is 0 Å². The van der Waals surface area contributed by atoms with Gasteiger partial charge in [-0.25, -0.2) is 4.98 Å². The van der Waals surface area contributed by atoms with Gasteiger partial charge in [0.2, 0.25) is 11.8 Å². The molecule has 0 unspecified atom stereocenters. The van der Waals surface area contributed by atoms with E-state index < -0.39 is 5.54 Å². The molecule has 1 aromatic rings. The number of carbonyl (C=O) groups excluding carboxylic acids is 1. The second kappa shape index (κ2) is 5.10. The van der Waals surface area contributed by atoms with E-state index in [1.165, 1.54) is 0 Å². The topological polar surface area (TPSA) is 58.4 Å². The number of carbonyl (C=O) groups is 1. The molecule has 0 aliphatic carbocycles. The Bertz CT molecular complexity index is 430. The minimum absolute atomic E-state index is 0.110. The van der Waals surface area contributed by atoms with Crippen LogP contribution in [0.3, 0.4) is 0 Å². The molecule has 0 bridgehead atoms. The molecule has 0 saturated carbocycles. The summed E-state index contributed by atoms with van der Waals surface area (Å²) in [6.45, 7) is 8.10. The van der Waals surface area contributed by atoms with Gasteiger partial charge in [-0.3, -0.25) is 9.69 Å². The van der Waals surface area contributed by atoms with Gasteiger partial charge in [-0.15, -0.1) is 0 Å². The summed E-state index contributed by atoms with van der Waals surface area (Å²) in [4.78, 5) is 18.5. The lowest BCUT2D eigenvalue weighted by Gasteiger charge is -2.43. The molecular weight excluding hydrogens is 230 g/mol. The maximum absolute atomic E-state index is 12.1. The minimum Gasteiger partial charge on any atom is -0.445 e. The van der Waals surface area contributed by atoms with Gasteiger partial charge in [0.05, 0.1) is 18.3 Å². The van der Waals surface area contributed by atoms with Crippen molar-refractivity contribution in [1.29, 1.82) is 0 Å². The molecule has 2 rings (SSSR count). The highest BCUT2D eigenvalue weighted by Crippen LogP contribution is 2.25. The van der Waals surface area contributed by atoms with Crippen molar-refractivity contribution in [2.24, 2.45) is 0 Å². The van der Waals surface area contributed by atoms with Crippen molar-refractivity contribution in [3.8, 4) is 0 Å². The average Bonchev–Trinajstić information content (AvgIpc) is 2.72. The monoisotopic (exact) mass is 251 g/mol. The molecule has 5 nitrogen and oxygen atoms in total. The van der Waals surface area contributed by atoms with E-state index in [0.717, 1.165) is 25.1 Å². The second-order valence-corrected chi connectivity index (χ2v) is 5.07. The molecule has 1 aliphatic heterocycles. The molecule has 1 amide bonds. The van der Waals surface area contributed by atoms with Gasteiger partial charge in [-0.05, 0) is 20.3 Å². The number of oxazole rings is 1. The smallest absolute Gasteiger partial charge is 0.240 e. The highest BCUT2D eigenvalue weighted by Gasteiger charge is 2.41. The van der Waals surface area contributed by atoms with Crippen LogP contribution in [0.15, 0.2) is 10.6 Å². The maximum atomic E-state index is 12.1. The van der Waals surface area contributed by atoms with Crippen LogP contribution in [0.2, 0.25) is 0 Å². The van der Waals surface area contributed by atoms with Crippen molar-refractivity contribution in [2.45, 2.75) is 45.7 Å². The number of hydrogen-bond donors (Lipinski definition) is 1. The molecule has 0 radical (unpaired) electrons. The first-order valence-electron chi connectivity index (χ1n) is 6.51. The number of nitrogens with one attached hydrogen (secondary N) is 1. The maximum Gasteiger partial charge on any atom is 0.240 e. The summed E-state index contributed by atoms with van der Waals surface area (Å²) in [5.41, 5.74) is -0.449. The average molecular weight is 251 g/mol. The van der Waals surface area contributed by atoms with Crippen LogP contribution in [0.5, 0.6) is 0 Å². The molecule has 0 aromatic carbocycles. The van der Waals surface area contributed by atoms with E-state index in [1.807, 2.05) is 13.8 Å². The molecule has 18 heavy (non-hydrogen) atoms. The summed E-state index contributed by atoms with van der Waals surface area (Å²) in [5.74, 6) is 1.60. The van der Waals surface area contributed by atoms with Crippen LogP contribution in [0.25, 0.3) is 0 Å². The lowest BCUT2D eigenvalue weighted by atomic mass is 9.90. The Morgan fingerprint density at radius 3 is 3.00 bits per heavy atom. The third-order valence-electron chi connectivity index (χ3n) is 3.59. The van der Waals surface area contributed by atoms with Gasteiger partial charge in [0.15, 0.2) is 0 Å². The van der Waals surface area contributed by atoms with Gasteiger partial charge in [0.25, 0.3) is 0 Å². The second-order valence-electron chi connectivity index (χ2n) is 5.07. The van der Waals surface area contributed by atoms with E-state index in [1.54, 1.807) is 6.20 Å². The number of piperazine rings is 1. The quantitative estimate of drug-likeness (QED) is 0.880. The molecule has 100 valence electrons. The van der Waals surface area contributed by atoms with Crippen molar-refractivity contribution in [3.63, 3.8) is 0 Å². The summed E-state index contributed by atoms with van der Waals surface area (Å²) in [6.07, 6.45) is 3.54. The molecule has 1 aliphatic rings. The van der Waals surface area contributed by atoms with E-state index in [4.69, 9.17) is 4.42 Å². The van der Waals surface area contributed by atoms with E-state index in [9.17, 15) is 4.79 Å². The first kappa shape index (κ1) is 13.1. The Hall–Kier alpha value is -1.36. The summed E-state index contributed by atoms with van der Waals surface area (Å²) in [5, 5.41) is 2.95. The van der Waals surface area contributed by atoms with E-state index in [0.29, 0.717) is 19.0 Å². The number of rotatable bonds is 4. The molecule has 1 saturated heterocycles. The predicted octanol–water partition coefficient (Wildman–Crippen LogP) is 1.47. The van der Waals surface area contributed by atoms with Crippen LogP contribution in [0, 0.1) is 6.92 Å². The summed E-state index contributed by atoms with van der Waals surface area (Å²) >= 11 is 0. The molecule has 1 atom stereocenters. The van der Waals surface area contributed by atoms with Gasteiger partial charge in [0.1, 0.15) is 5.76 Å². The van der Waals surface area contributed by atoms with Crippen molar-refractivity contribution in [3.05, 3.63) is 17.8 Å². The van der Waals surface area contributed by atoms with E-state index in [2.05, 4.69) is 22.1 Å². The summed E-state index contributed by atoms with van der Waals surface area (Å²) in [6, 6.07) is 0. The van der Waals surface area contributed by atoms with Crippen molar-refractivity contribution >= 4 is 5.91 Å². The highest BCUT2D eigenvalue weighted by atomic mass is 16.4. The highest BCUT2D eigenvalue weighted by molar-refractivity contribution is 5.86. The SMILES string of the molecule is CCC[C@@]1(C)C(=O)NCCN1Cc1ncc(C)o1. The number of nitrogens with zero attached hydrogens (tertiary/aromatic N) is 2. The van der Waals surface area contributed by atoms with Crippen LogP contribution < -0.4 is 5.32 Å². The third-order valence-corrected chi connectivity index (χ3v) is 3.59. The number of amides is 1. The molecule has 1 fully saturated rings. The Balaban J connectivity index is 2.15. The fraction of sp³-hybridized carbons (Fsp3) is 0.692. The van der Waals surface area contributed by atoms with Gasteiger partial charge in [-0.2, -0.15) is 0 Å². The Labute approximate surface area is 108 Å². The van der Waals surface area contributed by atoms with Gasteiger partial charge in [0, 0.05) is 13.1 Å². The Morgan fingerprint density at radius 1 is 1.61 bits per heavy atom. The van der Waals surface area contributed by atoms with Crippen LogP contribution in [-0.4, -0.2) is 34.4 Å². The largest absolute Gasteiger partial charge is 0.445 e. The van der Waals surface area contributed by atoms with E-state index in [-0.39, 0.29) is 5.91 Å². The Kier molecular flexibility index (Phi) is 3.71. The number of hydrogen-bond acceptors (Lipinski definition) is 4. The summed E-state index contributed by atoms with van der Waals surface area (Å²) in [7, 11) is 0. The molecule has 5 heteroatoms. The zero-order valence-corrected chi connectivity index (χ0v) is 11.3. The lowest BCUT2D eigenvalue weighted by Crippen LogP contribution is -2.62. The van der Waals surface area contributed by atoms with Crippen LogP contribution >= 0.6 is 0 Å². The number of aromatic nitrogens is 1. The first-order valence-corrected chi connectivity index (χ1v) is 6.51. The van der Waals surface area contributed by atoms with Gasteiger partial charge >= 0.3 is 0 Å². The molecule has 2 heterocycles. The van der Waals surface area contributed by atoms with Crippen molar-refractivity contribution in [2.75, 3.05) is 13.1 Å². The third kappa shape index (κ3) is 2.41. The lowest BCUT2D eigenvalue weighted by molar-refractivity contribution is -0.137. The zero-order chi connectivity index (χ0) is 13.2. The fourth-order valence-corrected chi connectivity index (χ4v) is 2.53. The predicted molar refractivity (Wildman–Crippen MR) is 68.0 cm³/mol. The molecule has 1 aromatic heterocycles. The van der Waals surface area contributed by atoms with Crippen LogP contribution in [-0.2, 0) is 11.3 Å².